The van der Waals surface area contributed by atoms with E-state index in [9.17, 15) is 14.4 Å². The zero-order valence-electron chi connectivity index (χ0n) is 17.6. The van der Waals surface area contributed by atoms with Crippen LogP contribution >= 0.6 is 0 Å². The van der Waals surface area contributed by atoms with E-state index in [2.05, 4.69) is 24.5 Å². The number of alkyl carbamates (subject to hydrolysis) is 1. The van der Waals surface area contributed by atoms with Crippen LogP contribution in [0.1, 0.15) is 65.9 Å². The van der Waals surface area contributed by atoms with E-state index in [1.54, 1.807) is 20.8 Å². The fourth-order valence-electron chi connectivity index (χ4n) is 2.39. The number of nitrogens with one attached hydrogen (secondary N) is 2. The summed E-state index contributed by atoms with van der Waals surface area (Å²) >= 11 is 0. The molecular formula is C21H32N2O5. The largest absolute Gasteiger partial charge is 0.452 e. The lowest BCUT2D eigenvalue weighted by Crippen LogP contribution is -2.35. The van der Waals surface area contributed by atoms with E-state index in [4.69, 9.17) is 9.47 Å². The van der Waals surface area contributed by atoms with Crippen molar-refractivity contribution in [3.8, 4) is 0 Å². The lowest BCUT2D eigenvalue weighted by Gasteiger charge is -2.20. The highest BCUT2D eigenvalue weighted by Crippen LogP contribution is 2.26. The minimum atomic E-state index is -0.945. The SMILES string of the molecule is CC[C@@H](C)c1ccccc1NC(=O)[C@@H](C)OC(=O)CCNC(=O)OC(C)(C)C. The predicted octanol–water partition coefficient (Wildman–Crippen LogP) is 3.99. The highest BCUT2D eigenvalue weighted by Gasteiger charge is 2.20. The van der Waals surface area contributed by atoms with E-state index < -0.39 is 29.7 Å². The van der Waals surface area contributed by atoms with E-state index in [0.717, 1.165) is 17.7 Å². The molecule has 0 radical (unpaired) electrons. The first-order valence-electron chi connectivity index (χ1n) is 9.59. The summed E-state index contributed by atoms with van der Waals surface area (Å²) in [5, 5.41) is 5.30. The highest BCUT2D eigenvalue weighted by atomic mass is 16.6. The molecule has 0 fully saturated rings. The van der Waals surface area contributed by atoms with E-state index in [1.807, 2.05) is 24.3 Å². The van der Waals surface area contributed by atoms with Gasteiger partial charge in [0.2, 0.25) is 0 Å². The number of benzene rings is 1. The van der Waals surface area contributed by atoms with Crippen molar-refractivity contribution < 1.29 is 23.9 Å². The molecular weight excluding hydrogens is 360 g/mol. The van der Waals surface area contributed by atoms with Gasteiger partial charge in [0.1, 0.15) is 5.60 Å². The Balaban J connectivity index is 2.48. The summed E-state index contributed by atoms with van der Waals surface area (Å²) in [6, 6.07) is 7.58. The summed E-state index contributed by atoms with van der Waals surface area (Å²) in [5.41, 5.74) is 1.15. The molecule has 1 aromatic rings. The van der Waals surface area contributed by atoms with Crippen LogP contribution < -0.4 is 10.6 Å². The summed E-state index contributed by atoms with van der Waals surface area (Å²) in [6.45, 7) is 11.0. The maximum absolute atomic E-state index is 12.4. The van der Waals surface area contributed by atoms with Gasteiger partial charge >= 0.3 is 12.1 Å². The number of carbonyl (C=O) groups is 3. The smallest absolute Gasteiger partial charge is 0.407 e. The van der Waals surface area contributed by atoms with Gasteiger partial charge in [-0.2, -0.15) is 0 Å². The van der Waals surface area contributed by atoms with Gasteiger partial charge in [-0.15, -0.1) is 0 Å². The Kier molecular flexibility index (Phi) is 8.96. The monoisotopic (exact) mass is 392 g/mol. The first-order chi connectivity index (χ1) is 13.0. The van der Waals surface area contributed by atoms with Gasteiger partial charge in [-0.25, -0.2) is 4.79 Å². The van der Waals surface area contributed by atoms with Crippen molar-refractivity contribution in [2.24, 2.45) is 0 Å². The molecule has 0 aliphatic carbocycles. The van der Waals surface area contributed by atoms with Gasteiger partial charge in [-0.3, -0.25) is 9.59 Å². The standard InChI is InChI=1S/C21H32N2O5/c1-7-14(2)16-10-8-9-11-17(16)23-19(25)15(3)27-18(24)12-13-22-20(26)28-21(4,5)6/h8-11,14-15H,7,12-13H2,1-6H3,(H,22,26)(H,23,25)/t14-,15-/m1/s1. The molecule has 7 heteroatoms. The summed E-state index contributed by atoms with van der Waals surface area (Å²) in [5.74, 6) is -0.675. The Labute approximate surface area is 167 Å². The Morgan fingerprint density at radius 3 is 2.36 bits per heavy atom. The summed E-state index contributed by atoms with van der Waals surface area (Å²) in [4.78, 5) is 35.8. The fourth-order valence-corrected chi connectivity index (χ4v) is 2.39. The van der Waals surface area contributed by atoms with Gasteiger partial charge < -0.3 is 20.1 Å². The van der Waals surface area contributed by atoms with Crippen molar-refractivity contribution in [2.45, 2.75) is 72.0 Å². The van der Waals surface area contributed by atoms with Crippen molar-refractivity contribution in [1.82, 2.24) is 5.32 Å². The van der Waals surface area contributed by atoms with Gasteiger partial charge in [0.05, 0.1) is 6.42 Å². The van der Waals surface area contributed by atoms with Crippen LogP contribution in [0.3, 0.4) is 0 Å². The third-order valence-electron chi connectivity index (χ3n) is 4.04. The lowest BCUT2D eigenvalue weighted by molar-refractivity contribution is -0.153. The average molecular weight is 392 g/mol. The van der Waals surface area contributed by atoms with Crippen molar-refractivity contribution in [2.75, 3.05) is 11.9 Å². The zero-order chi connectivity index (χ0) is 21.3. The zero-order valence-corrected chi connectivity index (χ0v) is 17.6. The van der Waals surface area contributed by atoms with Crippen molar-refractivity contribution in [3.05, 3.63) is 29.8 Å². The van der Waals surface area contributed by atoms with Crippen molar-refractivity contribution in [1.29, 1.82) is 0 Å². The number of carbonyl (C=O) groups excluding carboxylic acids is 3. The molecule has 0 aliphatic heterocycles. The summed E-state index contributed by atoms with van der Waals surface area (Å²) in [6.07, 6.45) is -0.658. The molecule has 2 N–H and O–H groups in total. The maximum atomic E-state index is 12.4. The van der Waals surface area contributed by atoms with E-state index >= 15 is 0 Å². The van der Waals surface area contributed by atoms with Gasteiger partial charge in [-0.1, -0.05) is 32.0 Å². The molecule has 1 rings (SSSR count). The molecule has 1 aromatic carbocycles. The van der Waals surface area contributed by atoms with Crippen LogP contribution in [0.25, 0.3) is 0 Å². The second-order valence-corrected chi connectivity index (χ2v) is 7.70. The van der Waals surface area contributed by atoms with Crippen LogP contribution in [0.4, 0.5) is 10.5 Å². The molecule has 2 amide bonds. The third kappa shape index (κ3) is 8.41. The average Bonchev–Trinajstić information content (AvgIpc) is 2.59. The number of hydrogen-bond donors (Lipinski definition) is 2. The van der Waals surface area contributed by atoms with E-state index in [0.29, 0.717) is 5.92 Å². The van der Waals surface area contributed by atoms with Crippen LogP contribution in [0.15, 0.2) is 24.3 Å². The molecule has 2 atom stereocenters. The number of rotatable bonds is 8. The second kappa shape index (κ2) is 10.7. The summed E-state index contributed by atoms with van der Waals surface area (Å²) in [7, 11) is 0. The number of hydrogen-bond acceptors (Lipinski definition) is 5. The molecule has 0 unspecified atom stereocenters. The maximum Gasteiger partial charge on any atom is 0.407 e. The Morgan fingerprint density at radius 1 is 1.11 bits per heavy atom. The van der Waals surface area contributed by atoms with Crippen LogP contribution in [0, 0.1) is 0 Å². The minimum Gasteiger partial charge on any atom is -0.452 e. The predicted molar refractivity (Wildman–Crippen MR) is 108 cm³/mol. The molecule has 156 valence electrons. The molecule has 0 saturated carbocycles. The minimum absolute atomic E-state index is 0.0552. The van der Waals surface area contributed by atoms with Gasteiger partial charge in [0.15, 0.2) is 6.10 Å². The van der Waals surface area contributed by atoms with Gasteiger partial charge in [0, 0.05) is 12.2 Å². The quantitative estimate of drug-likeness (QED) is 0.653. The van der Waals surface area contributed by atoms with E-state index in [-0.39, 0.29) is 13.0 Å². The highest BCUT2D eigenvalue weighted by molar-refractivity contribution is 5.95. The summed E-state index contributed by atoms with van der Waals surface area (Å²) < 4.78 is 10.2. The van der Waals surface area contributed by atoms with Crippen LogP contribution in [-0.4, -0.2) is 36.2 Å². The molecule has 0 aliphatic rings. The Bertz CT molecular complexity index is 682. The topological polar surface area (TPSA) is 93.7 Å². The molecule has 28 heavy (non-hydrogen) atoms. The first kappa shape index (κ1) is 23.5. The Hall–Kier alpha value is -2.57. The lowest BCUT2D eigenvalue weighted by atomic mass is 9.97. The fraction of sp³-hybridized carbons (Fsp3) is 0.571. The normalized spacial score (nSPS) is 13.2. The number of amides is 2. The number of ether oxygens (including phenoxy) is 2. The van der Waals surface area contributed by atoms with E-state index in [1.165, 1.54) is 6.92 Å². The van der Waals surface area contributed by atoms with Crippen LogP contribution in [-0.2, 0) is 19.1 Å². The first-order valence-corrected chi connectivity index (χ1v) is 9.59. The van der Waals surface area contributed by atoms with Crippen LogP contribution in [0.2, 0.25) is 0 Å². The second-order valence-electron chi connectivity index (χ2n) is 7.70. The van der Waals surface area contributed by atoms with Gasteiger partial charge in [0.25, 0.3) is 5.91 Å². The molecule has 0 bridgehead atoms. The molecule has 0 aromatic heterocycles. The van der Waals surface area contributed by atoms with Crippen LogP contribution in [0.5, 0.6) is 0 Å². The molecule has 0 heterocycles. The molecule has 0 spiro atoms. The van der Waals surface area contributed by atoms with Gasteiger partial charge in [-0.05, 0) is 51.7 Å². The van der Waals surface area contributed by atoms with Crippen molar-refractivity contribution >= 4 is 23.7 Å². The Morgan fingerprint density at radius 2 is 1.75 bits per heavy atom. The molecule has 0 saturated heterocycles. The number of esters is 1. The third-order valence-corrected chi connectivity index (χ3v) is 4.04. The number of para-hydroxylation sites is 1. The molecule has 7 nitrogen and oxygen atoms in total. The number of anilines is 1. The van der Waals surface area contributed by atoms with Crippen molar-refractivity contribution in [3.63, 3.8) is 0 Å².